The molecule has 0 saturated heterocycles. The lowest BCUT2D eigenvalue weighted by Gasteiger charge is -2.14. The van der Waals surface area contributed by atoms with Gasteiger partial charge in [0, 0.05) is 58.0 Å². The van der Waals surface area contributed by atoms with E-state index in [9.17, 15) is 45.0 Å². The van der Waals surface area contributed by atoms with Gasteiger partial charge < -0.3 is 35.4 Å². The number of phenols is 6. The van der Waals surface area contributed by atoms with Crippen LogP contribution in [0.1, 0.15) is 5.56 Å². The fourth-order valence-corrected chi connectivity index (χ4v) is 5.82. The van der Waals surface area contributed by atoms with Crippen molar-refractivity contribution >= 4 is 33.6 Å². The summed E-state index contributed by atoms with van der Waals surface area (Å²) in [6.45, 7) is 0. The SMILES string of the molecule is O=C(C=Cc1cn(-c2ccc(O)cc2)c(=O)c2c(O)cc(O)cc12)Oc1cc(-n2cc(-c3ccc(O)cc3)c3cc(O)ccc3c2=O)ccc1O. The third-order valence-electron chi connectivity index (χ3n) is 8.25. The van der Waals surface area contributed by atoms with Crippen LogP contribution in [0, 0.1) is 0 Å². The zero-order valence-corrected chi connectivity index (χ0v) is 26.3. The smallest absolute Gasteiger partial charge is 0.336 e. The predicted molar refractivity (Wildman–Crippen MR) is 189 cm³/mol. The molecule has 0 atom stereocenters. The van der Waals surface area contributed by atoms with E-state index in [2.05, 4.69) is 0 Å². The molecule has 12 nitrogen and oxygen atoms in total. The number of hydrogen-bond donors (Lipinski definition) is 6. The van der Waals surface area contributed by atoms with Gasteiger partial charge in [0.25, 0.3) is 11.1 Å². The van der Waals surface area contributed by atoms with Gasteiger partial charge in [0.1, 0.15) is 28.7 Å². The van der Waals surface area contributed by atoms with Crippen LogP contribution in [-0.4, -0.2) is 45.7 Å². The molecule has 2 aromatic heterocycles. The fraction of sp³-hybridized carbons (Fsp3) is 0. The van der Waals surface area contributed by atoms with Gasteiger partial charge in [-0.05, 0) is 90.0 Å². The van der Waals surface area contributed by atoms with Crippen molar-refractivity contribution in [3.63, 3.8) is 0 Å². The summed E-state index contributed by atoms with van der Waals surface area (Å²) < 4.78 is 7.96. The average Bonchev–Trinajstić information content (AvgIpc) is 3.10. The first-order valence-electron chi connectivity index (χ1n) is 15.3. The van der Waals surface area contributed by atoms with Crippen LogP contribution in [0.2, 0.25) is 0 Å². The predicted octanol–water partition coefficient (Wildman–Crippen LogP) is 5.81. The summed E-state index contributed by atoms with van der Waals surface area (Å²) in [7, 11) is 0. The van der Waals surface area contributed by atoms with Crippen LogP contribution in [0.15, 0.2) is 125 Å². The van der Waals surface area contributed by atoms with Crippen LogP contribution in [0.4, 0.5) is 0 Å². The molecule has 51 heavy (non-hydrogen) atoms. The molecule has 6 N–H and O–H groups in total. The van der Waals surface area contributed by atoms with E-state index in [0.29, 0.717) is 22.2 Å². The second-order valence-electron chi connectivity index (χ2n) is 11.6. The first kappa shape index (κ1) is 32.1. The highest BCUT2D eigenvalue weighted by atomic mass is 16.5. The van der Waals surface area contributed by atoms with Gasteiger partial charge in [-0.25, -0.2) is 4.79 Å². The standard InChI is InChI=1S/C39H26N2O10/c42-25-7-1-21(2-8-25)32-20-41(38(49)29-12-11-27(44)16-31(29)32)24-6-13-33(46)35(15-24)51-36(48)14-3-22-19-40(23-4-9-26(43)10-5-23)39(50)37-30(22)17-28(45)18-34(37)47/h1-20,42-47H. The van der Waals surface area contributed by atoms with Gasteiger partial charge in [0.2, 0.25) is 0 Å². The molecule has 7 aromatic rings. The summed E-state index contributed by atoms with van der Waals surface area (Å²) in [5.74, 6) is -2.48. The molecular weight excluding hydrogens is 656 g/mol. The van der Waals surface area contributed by atoms with E-state index in [1.54, 1.807) is 12.1 Å². The molecule has 0 unspecified atom stereocenters. The van der Waals surface area contributed by atoms with Crippen molar-refractivity contribution in [1.29, 1.82) is 0 Å². The van der Waals surface area contributed by atoms with Gasteiger partial charge >= 0.3 is 5.97 Å². The van der Waals surface area contributed by atoms with Crippen molar-refractivity contribution in [2.45, 2.75) is 0 Å². The maximum atomic E-state index is 13.7. The number of ether oxygens (including phenoxy) is 1. The second kappa shape index (κ2) is 12.5. The number of nitrogens with zero attached hydrogens (tertiary/aromatic N) is 2. The van der Waals surface area contributed by atoms with Crippen molar-refractivity contribution in [3.8, 4) is 62.7 Å². The molecule has 0 amide bonds. The van der Waals surface area contributed by atoms with E-state index in [1.165, 1.54) is 106 Å². The van der Waals surface area contributed by atoms with Crippen molar-refractivity contribution in [1.82, 2.24) is 9.13 Å². The third kappa shape index (κ3) is 6.04. The lowest BCUT2D eigenvalue weighted by Crippen LogP contribution is -2.19. The van der Waals surface area contributed by atoms with Crippen LogP contribution in [0.25, 0.3) is 50.1 Å². The highest BCUT2D eigenvalue weighted by Gasteiger charge is 2.17. The molecule has 0 aliphatic carbocycles. The number of aromatic nitrogens is 2. The van der Waals surface area contributed by atoms with Crippen LogP contribution >= 0.6 is 0 Å². The molecule has 5 aromatic carbocycles. The van der Waals surface area contributed by atoms with E-state index in [4.69, 9.17) is 4.74 Å². The van der Waals surface area contributed by atoms with Crippen LogP contribution < -0.4 is 15.9 Å². The number of aromatic hydroxyl groups is 6. The number of rotatable bonds is 6. The Kier molecular flexibility index (Phi) is 7.88. The molecule has 0 bridgehead atoms. The zero-order valence-electron chi connectivity index (χ0n) is 26.3. The van der Waals surface area contributed by atoms with Gasteiger partial charge in [0.15, 0.2) is 11.5 Å². The zero-order chi connectivity index (χ0) is 36.0. The lowest BCUT2D eigenvalue weighted by atomic mass is 10.00. The van der Waals surface area contributed by atoms with Gasteiger partial charge in [-0.1, -0.05) is 12.1 Å². The minimum absolute atomic E-state index is 0.0286. The molecule has 0 aliphatic rings. The van der Waals surface area contributed by atoms with Gasteiger partial charge in [-0.2, -0.15) is 0 Å². The summed E-state index contributed by atoms with van der Waals surface area (Å²) in [4.78, 5) is 40.2. The van der Waals surface area contributed by atoms with Gasteiger partial charge in [-0.15, -0.1) is 0 Å². The lowest BCUT2D eigenvalue weighted by molar-refractivity contribution is -0.129. The van der Waals surface area contributed by atoms with E-state index in [-0.39, 0.29) is 56.2 Å². The maximum absolute atomic E-state index is 13.7. The van der Waals surface area contributed by atoms with E-state index >= 15 is 0 Å². The third-order valence-corrected chi connectivity index (χ3v) is 8.25. The number of fused-ring (bicyclic) bond motifs is 2. The molecule has 12 heteroatoms. The Morgan fingerprint density at radius 1 is 0.569 bits per heavy atom. The van der Waals surface area contributed by atoms with E-state index in [1.807, 2.05) is 0 Å². The van der Waals surface area contributed by atoms with Crippen LogP contribution in [-0.2, 0) is 4.79 Å². The highest BCUT2D eigenvalue weighted by Crippen LogP contribution is 2.34. The number of benzene rings is 5. The Morgan fingerprint density at radius 2 is 1.20 bits per heavy atom. The molecule has 0 aliphatic heterocycles. The number of carbonyl (C=O) groups is 1. The molecule has 0 radical (unpaired) electrons. The van der Waals surface area contributed by atoms with Crippen molar-refractivity contribution in [2.24, 2.45) is 0 Å². The van der Waals surface area contributed by atoms with Crippen LogP contribution in [0.5, 0.6) is 40.2 Å². The minimum Gasteiger partial charge on any atom is -0.508 e. The largest absolute Gasteiger partial charge is 0.508 e. The van der Waals surface area contributed by atoms with Crippen molar-refractivity contribution in [2.75, 3.05) is 0 Å². The average molecular weight is 683 g/mol. The Labute approximate surface area is 287 Å². The monoisotopic (exact) mass is 682 g/mol. The fourth-order valence-electron chi connectivity index (χ4n) is 5.82. The van der Waals surface area contributed by atoms with E-state index in [0.717, 1.165) is 12.1 Å². The quantitative estimate of drug-likeness (QED) is 0.0708. The second-order valence-corrected chi connectivity index (χ2v) is 11.6. The summed E-state index contributed by atoms with van der Waals surface area (Å²) in [5.41, 5.74) is 0.917. The normalized spacial score (nSPS) is 11.4. The Hall–Kier alpha value is -7.47. The van der Waals surface area contributed by atoms with Gasteiger partial charge in [-0.3, -0.25) is 18.7 Å². The number of pyridine rings is 2. The molecule has 252 valence electrons. The Balaban J connectivity index is 1.27. The minimum atomic E-state index is -0.950. The summed E-state index contributed by atoms with van der Waals surface area (Å²) in [6, 6.07) is 22.6. The molecule has 2 heterocycles. The van der Waals surface area contributed by atoms with Crippen LogP contribution in [0.3, 0.4) is 0 Å². The molecule has 0 saturated carbocycles. The molecule has 0 fully saturated rings. The first-order chi connectivity index (χ1) is 24.5. The number of hydrogen-bond acceptors (Lipinski definition) is 10. The molecular formula is C39H26N2O10. The number of esters is 1. The van der Waals surface area contributed by atoms with Crippen molar-refractivity contribution < 1.29 is 40.2 Å². The van der Waals surface area contributed by atoms with E-state index < -0.39 is 28.6 Å². The summed E-state index contributed by atoms with van der Waals surface area (Å²) in [6.07, 6.45) is 5.24. The summed E-state index contributed by atoms with van der Waals surface area (Å²) in [5, 5.41) is 61.8. The maximum Gasteiger partial charge on any atom is 0.336 e. The molecule has 0 spiro atoms. The van der Waals surface area contributed by atoms with Gasteiger partial charge in [0.05, 0.1) is 11.1 Å². The Morgan fingerprint density at radius 3 is 1.92 bits per heavy atom. The summed E-state index contributed by atoms with van der Waals surface area (Å²) >= 11 is 0. The topological polar surface area (TPSA) is 192 Å². The van der Waals surface area contributed by atoms with Crippen molar-refractivity contribution in [3.05, 3.63) is 142 Å². The Bertz CT molecular complexity index is 2680. The first-order valence-corrected chi connectivity index (χ1v) is 15.3. The number of carbonyl (C=O) groups excluding carboxylic acids is 1. The molecule has 7 rings (SSSR count). The highest BCUT2D eigenvalue weighted by molar-refractivity contribution is 5.99. The number of phenolic OH excluding ortho intramolecular Hbond substituents is 6.